The summed E-state index contributed by atoms with van der Waals surface area (Å²) in [4.78, 5) is 40.1. The molecule has 0 spiro atoms. The summed E-state index contributed by atoms with van der Waals surface area (Å²) in [5.41, 5.74) is 0. The van der Waals surface area contributed by atoms with Crippen LogP contribution in [-0.4, -0.2) is 79.1 Å². The number of fused-ring (bicyclic) bond motifs is 1. The summed E-state index contributed by atoms with van der Waals surface area (Å²) >= 11 is 0. The molecule has 0 saturated carbocycles. The van der Waals surface area contributed by atoms with Gasteiger partial charge in [0.15, 0.2) is 0 Å². The van der Waals surface area contributed by atoms with Gasteiger partial charge in [-0.05, 0) is 35.2 Å². The zero-order valence-electron chi connectivity index (χ0n) is 18.7. The summed E-state index contributed by atoms with van der Waals surface area (Å²) < 4.78 is 27.6. The highest BCUT2D eigenvalue weighted by molar-refractivity contribution is 7.89. The van der Waals surface area contributed by atoms with Gasteiger partial charge in [-0.1, -0.05) is 44.2 Å². The van der Waals surface area contributed by atoms with Crippen LogP contribution in [0.2, 0.25) is 0 Å². The predicted molar refractivity (Wildman–Crippen MR) is 123 cm³/mol. The fraction of sp³-hybridized carbons (Fsp3) is 0.435. The van der Waals surface area contributed by atoms with Gasteiger partial charge in [0.05, 0.1) is 4.90 Å². The molecule has 0 unspecified atom stereocenters. The molecular formula is C23H28N4O5S. The number of nitrogens with zero attached hydrogens (tertiary/aromatic N) is 3. The molecule has 2 aliphatic heterocycles. The van der Waals surface area contributed by atoms with E-state index in [1.807, 2.05) is 38.1 Å². The molecule has 0 aromatic heterocycles. The zero-order valence-corrected chi connectivity index (χ0v) is 19.5. The summed E-state index contributed by atoms with van der Waals surface area (Å²) in [5, 5.41) is 4.44. The molecule has 1 atom stereocenters. The van der Waals surface area contributed by atoms with E-state index in [1.54, 1.807) is 18.2 Å². The van der Waals surface area contributed by atoms with E-state index in [1.165, 1.54) is 9.21 Å². The third kappa shape index (κ3) is 4.72. The fourth-order valence-corrected chi connectivity index (χ4v) is 5.71. The summed E-state index contributed by atoms with van der Waals surface area (Å²) in [6, 6.07) is 11.4. The molecule has 0 bridgehead atoms. The highest BCUT2D eigenvalue weighted by atomic mass is 32.2. The fourth-order valence-electron chi connectivity index (χ4n) is 4.25. The largest absolute Gasteiger partial charge is 0.338 e. The molecule has 4 rings (SSSR count). The van der Waals surface area contributed by atoms with Gasteiger partial charge in [0, 0.05) is 26.2 Å². The quantitative estimate of drug-likeness (QED) is 0.643. The number of carbonyl (C=O) groups is 3. The van der Waals surface area contributed by atoms with E-state index in [9.17, 15) is 22.8 Å². The molecule has 33 heavy (non-hydrogen) atoms. The second kappa shape index (κ2) is 9.11. The van der Waals surface area contributed by atoms with Crippen molar-refractivity contribution in [2.24, 2.45) is 5.92 Å². The molecule has 2 aromatic carbocycles. The van der Waals surface area contributed by atoms with Gasteiger partial charge >= 0.3 is 6.03 Å². The molecule has 2 aliphatic rings. The minimum atomic E-state index is -3.69. The summed E-state index contributed by atoms with van der Waals surface area (Å²) in [5.74, 6) is -0.529. The number of piperazine rings is 1. The number of hydrogen-bond donors (Lipinski definition) is 1. The summed E-state index contributed by atoms with van der Waals surface area (Å²) in [7, 11) is -3.69. The Bertz CT molecular complexity index is 1190. The number of benzene rings is 2. The smallest absolute Gasteiger partial charge is 0.325 e. The van der Waals surface area contributed by atoms with Crippen molar-refractivity contribution in [3.63, 3.8) is 0 Å². The number of nitrogens with one attached hydrogen (secondary N) is 1. The summed E-state index contributed by atoms with van der Waals surface area (Å²) in [6.07, 6.45) is 0.514. The van der Waals surface area contributed by atoms with Crippen molar-refractivity contribution in [2.45, 2.75) is 31.2 Å². The third-order valence-corrected chi connectivity index (χ3v) is 7.95. The van der Waals surface area contributed by atoms with Crippen molar-refractivity contribution in [3.8, 4) is 0 Å². The minimum Gasteiger partial charge on any atom is -0.338 e. The maximum absolute atomic E-state index is 13.1. The first-order chi connectivity index (χ1) is 15.7. The topological polar surface area (TPSA) is 107 Å². The van der Waals surface area contributed by atoms with E-state index in [2.05, 4.69) is 5.32 Å². The van der Waals surface area contributed by atoms with Gasteiger partial charge in [0.25, 0.3) is 5.91 Å². The minimum absolute atomic E-state index is 0.150. The average molecular weight is 473 g/mol. The van der Waals surface area contributed by atoms with Crippen LogP contribution < -0.4 is 5.32 Å². The van der Waals surface area contributed by atoms with Crippen LogP contribution in [0, 0.1) is 5.92 Å². The second-order valence-electron chi connectivity index (χ2n) is 8.85. The molecule has 2 saturated heterocycles. The van der Waals surface area contributed by atoms with Crippen LogP contribution >= 0.6 is 0 Å². The highest BCUT2D eigenvalue weighted by Gasteiger charge is 2.40. The maximum Gasteiger partial charge on any atom is 0.325 e. The standard InChI is InChI=1S/C23H28N4O5S/c1-16(2)13-20-22(29)27(23(30)24-20)15-21(28)25-9-11-26(12-10-25)33(31,32)19-8-7-17-5-3-4-6-18(17)14-19/h3-8,14,16,20H,9-13,15H2,1-2H3,(H,24,30)/t20-/m1/s1. The van der Waals surface area contributed by atoms with Crippen LogP contribution in [-0.2, 0) is 19.6 Å². The molecule has 0 radical (unpaired) electrons. The van der Waals surface area contributed by atoms with Crippen molar-refractivity contribution in [1.82, 2.24) is 19.4 Å². The van der Waals surface area contributed by atoms with Crippen LogP contribution in [0.3, 0.4) is 0 Å². The Morgan fingerprint density at radius 2 is 1.70 bits per heavy atom. The Hall–Kier alpha value is -2.98. The van der Waals surface area contributed by atoms with Crippen LogP contribution in [0.5, 0.6) is 0 Å². The van der Waals surface area contributed by atoms with E-state index in [0.717, 1.165) is 15.7 Å². The number of rotatable bonds is 6. The lowest BCUT2D eigenvalue weighted by Crippen LogP contribution is -2.53. The Labute approximate surface area is 193 Å². The molecular weight excluding hydrogens is 444 g/mol. The lowest BCUT2D eigenvalue weighted by Gasteiger charge is -2.34. The van der Waals surface area contributed by atoms with Crippen LogP contribution in [0.1, 0.15) is 20.3 Å². The number of sulfonamides is 1. The SMILES string of the molecule is CC(C)C[C@H]1NC(=O)N(CC(=O)N2CCN(S(=O)(=O)c3ccc4ccccc4c3)CC2)C1=O. The number of imide groups is 1. The average Bonchev–Trinajstić information content (AvgIpc) is 3.05. The first-order valence-corrected chi connectivity index (χ1v) is 12.5. The molecule has 10 heteroatoms. The third-order valence-electron chi connectivity index (χ3n) is 6.06. The number of carbonyl (C=O) groups excluding carboxylic acids is 3. The first kappa shape index (κ1) is 23.2. The van der Waals surface area contributed by atoms with Crippen LogP contribution in [0.4, 0.5) is 4.79 Å². The van der Waals surface area contributed by atoms with Crippen LogP contribution in [0.15, 0.2) is 47.4 Å². The molecule has 1 N–H and O–H groups in total. The van der Waals surface area contributed by atoms with E-state index < -0.39 is 22.1 Å². The predicted octanol–water partition coefficient (Wildman–Crippen LogP) is 1.64. The van der Waals surface area contributed by atoms with Crippen molar-refractivity contribution < 1.29 is 22.8 Å². The Morgan fingerprint density at radius 3 is 2.36 bits per heavy atom. The lowest BCUT2D eigenvalue weighted by molar-refractivity contribution is -0.138. The highest BCUT2D eigenvalue weighted by Crippen LogP contribution is 2.23. The molecule has 2 heterocycles. The molecule has 2 aromatic rings. The number of amides is 4. The van der Waals surface area contributed by atoms with Crippen molar-refractivity contribution in [3.05, 3.63) is 42.5 Å². The van der Waals surface area contributed by atoms with Crippen molar-refractivity contribution >= 4 is 38.6 Å². The zero-order chi connectivity index (χ0) is 23.8. The number of hydrogen-bond acceptors (Lipinski definition) is 5. The lowest BCUT2D eigenvalue weighted by atomic mass is 10.0. The van der Waals surface area contributed by atoms with Gasteiger partial charge in [-0.3, -0.25) is 14.5 Å². The van der Waals surface area contributed by atoms with Gasteiger partial charge in [-0.25, -0.2) is 13.2 Å². The van der Waals surface area contributed by atoms with E-state index in [-0.39, 0.29) is 55.4 Å². The van der Waals surface area contributed by atoms with Crippen molar-refractivity contribution in [2.75, 3.05) is 32.7 Å². The second-order valence-corrected chi connectivity index (χ2v) is 10.8. The van der Waals surface area contributed by atoms with Gasteiger partial charge in [-0.2, -0.15) is 4.31 Å². The molecule has 2 fully saturated rings. The Kier molecular flexibility index (Phi) is 6.40. The maximum atomic E-state index is 13.1. The Balaban J connectivity index is 1.37. The summed E-state index contributed by atoms with van der Waals surface area (Å²) in [6.45, 7) is 4.28. The van der Waals surface area contributed by atoms with E-state index in [4.69, 9.17) is 0 Å². The number of urea groups is 1. The molecule has 9 nitrogen and oxygen atoms in total. The molecule has 4 amide bonds. The first-order valence-electron chi connectivity index (χ1n) is 11.1. The van der Waals surface area contributed by atoms with Crippen LogP contribution in [0.25, 0.3) is 10.8 Å². The van der Waals surface area contributed by atoms with Gasteiger partial charge in [0.2, 0.25) is 15.9 Å². The van der Waals surface area contributed by atoms with E-state index in [0.29, 0.717) is 6.42 Å². The monoisotopic (exact) mass is 472 g/mol. The van der Waals surface area contributed by atoms with Crippen molar-refractivity contribution in [1.29, 1.82) is 0 Å². The van der Waals surface area contributed by atoms with E-state index >= 15 is 0 Å². The van der Waals surface area contributed by atoms with Gasteiger partial charge in [0.1, 0.15) is 12.6 Å². The molecule has 176 valence electrons. The van der Waals surface area contributed by atoms with Gasteiger partial charge in [-0.15, -0.1) is 0 Å². The molecule has 0 aliphatic carbocycles. The van der Waals surface area contributed by atoms with Gasteiger partial charge < -0.3 is 10.2 Å². The Morgan fingerprint density at radius 1 is 1.03 bits per heavy atom. The normalized spacial score (nSPS) is 20.0.